The van der Waals surface area contributed by atoms with Crippen LogP contribution in [0.3, 0.4) is 0 Å². The fourth-order valence-corrected chi connectivity index (χ4v) is 9.62. The van der Waals surface area contributed by atoms with Gasteiger partial charge in [0, 0.05) is 19.3 Å². The molecule has 432 valence electrons. The third-order valence-electron chi connectivity index (χ3n) is 14.6. The predicted molar refractivity (Wildman–Crippen MR) is 321 cm³/mol. The predicted octanol–water partition coefficient (Wildman–Crippen LogP) is 22.2. The summed E-state index contributed by atoms with van der Waals surface area (Å²) < 4.78 is 16.9. The Hall–Kier alpha value is -2.63. The van der Waals surface area contributed by atoms with E-state index in [1.54, 1.807) is 0 Å². The zero-order valence-corrected chi connectivity index (χ0v) is 49.6. The first-order valence-electron chi connectivity index (χ1n) is 32.6. The smallest absolute Gasteiger partial charge is 0.306 e. The highest BCUT2D eigenvalue weighted by atomic mass is 16.6. The lowest BCUT2D eigenvalue weighted by atomic mass is 10.0. The topological polar surface area (TPSA) is 78.9 Å². The zero-order chi connectivity index (χ0) is 53.6. The van der Waals surface area contributed by atoms with Crippen LogP contribution in [0, 0.1) is 0 Å². The minimum absolute atomic E-state index is 0.0745. The van der Waals surface area contributed by atoms with Crippen LogP contribution in [0.15, 0.2) is 48.6 Å². The molecule has 0 aromatic rings. The third kappa shape index (κ3) is 60.2. The fourth-order valence-electron chi connectivity index (χ4n) is 9.62. The van der Waals surface area contributed by atoms with E-state index in [4.69, 9.17) is 14.2 Å². The highest BCUT2D eigenvalue weighted by molar-refractivity contribution is 5.71. The van der Waals surface area contributed by atoms with E-state index in [2.05, 4.69) is 69.4 Å². The second-order valence-corrected chi connectivity index (χ2v) is 22.0. The lowest BCUT2D eigenvalue weighted by Crippen LogP contribution is -2.30. The third-order valence-corrected chi connectivity index (χ3v) is 14.6. The molecule has 0 aromatic carbocycles. The van der Waals surface area contributed by atoms with Crippen LogP contribution < -0.4 is 0 Å². The Morgan fingerprint density at radius 1 is 0.270 bits per heavy atom. The molecule has 0 spiro atoms. The Morgan fingerprint density at radius 2 is 0.486 bits per heavy atom. The van der Waals surface area contributed by atoms with E-state index in [-0.39, 0.29) is 31.1 Å². The molecule has 0 rings (SSSR count). The lowest BCUT2D eigenvalue weighted by molar-refractivity contribution is -0.167. The van der Waals surface area contributed by atoms with Gasteiger partial charge < -0.3 is 14.2 Å². The lowest BCUT2D eigenvalue weighted by Gasteiger charge is -2.18. The van der Waals surface area contributed by atoms with Gasteiger partial charge in [0.05, 0.1) is 0 Å². The van der Waals surface area contributed by atoms with Gasteiger partial charge in [-0.25, -0.2) is 0 Å². The SMILES string of the molecule is CCCCCC/C=C\C/C=C\CCCCCCCC(=O)OC(COC(=O)CCCCCCCCCCCCCCC)COC(=O)CCCCCCCCCCCCCCCCC/C=C\C/C=C\CCCCCCC. The number of allylic oxidation sites excluding steroid dienone is 8. The van der Waals surface area contributed by atoms with Gasteiger partial charge in [0.25, 0.3) is 0 Å². The van der Waals surface area contributed by atoms with Crippen LogP contribution in [-0.2, 0) is 28.6 Å². The molecule has 0 N–H and O–H groups in total. The second kappa shape index (κ2) is 62.9. The summed E-state index contributed by atoms with van der Waals surface area (Å²) >= 11 is 0. The summed E-state index contributed by atoms with van der Waals surface area (Å²) in [5, 5.41) is 0. The summed E-state index contributed by atoms with van der Waals surface area (Å²) in [5.74, 6) is -0.868. The molecule has 0 bridgehead atoms. The number of rotatable bonds is 60. The van der Waals surface area contributed by atoms with Crippen molar-refractivity contribution >= 4 is 17.9 Å². The first kappa shape index (κ1) is 71.4. The molecule has 0 aromatic heterocycles. The molecule has 6 heteroatoms. The van der Waals surface area contributed by atoms with Crippen LogP contribution in [0.4, 0.5) is 0 Å². The van der Waals surface area contributed by atoms with E-state index in [0.29, 0.717) is 19.3 Å². The van der Waals surface area contributed by atoms with Crippen molar-refractivity contribution < 1.29 is 28.6 Å². The number of carbonyl (C=O) groups excluding carboxylic acids is 3. The molecule has 0 fully saturated rings. The van der Waals surface area contributed by atoms with E-state index >= 15 is 0 Å². The van der Waals surface area contributed by atoms with Crippen molar-refractivity contribution in [1.82, 2.24) is 0 Å². The average molecular weight is 1040 g/mol. The van der Waals surface area contributed by atoms with Crippen LogP contribution in [0.2, 0.25) is 0 Å². The number of unbranched alkanes of at least 4 members (excludes halogenated alkanes) is 41. The Balaban J connectivity index is 4.23. The van der Waals surface area contributed by atoms with E-state index in [1.807, 2.05) is 0 Å². The molecule has 0 amide bonds. The van der Waals surface area contributed by atoms with Crippen molar-refractivity contribution in [2.75, 3.05) is 13.2 Å². The number of hydrogen-bond donors (Lipinski definition) is 0. The molecule has 0 aliphatic heterocycles. The summed E-state index contributed by atoms with van der Waals surface area (Å²) in [4.78, 5) is 38.3. The first-order chi connectivity index (χ1) is 36.5. The Morgan fingerprint density at radius 3 is 0.757 bits per heavy atom. The summed E-state index contributed by atoms with van der Waals surface area (Å²) in [6.07, 6.45) is 78.4. The van der Waals surface area contributed by atoms with Gasteiger partial charge in [0.15, 0.2) is 6.10 Å². The van der Waals surface area contributed by atoms with Crippen molar-refractivity contribution in [2.24, 2.45) is 0 Å². The molecule has 0 saturated heterocycles. The van der Waals surface area contributed by atoms with Crippen molar-refractivity contribution in [3.63, 3.8) is 0 Å². The van der Waals surface area contributed by atoms with Gasteiger partial charge in [-0.05, 0) is 83.5 Å². The molecule has 1 unspecified atom stereocenters. The van der Waals surface area contributed by atoms with Gasteiger partial charge in [-0.3, -0.25) is 14.4 Å². The van der Waals surface area contributed by atoms with Crippen molar-refractivity contribution in [3.8, 4) is 0 Å². The molecule has 0 aliphatic carbocycles. The van der Waals surface area contributed by atoms with Crippen LogP contribution in [0.1, 0.15) is 348 Å². The molecule has 0 heterocycles. The molecular weight excluding hydrogens is 913 g/mol. The van der Waals surface area contributed by atoms with Gasteiger partial charge in [-0.15, -0.1) is 0 Å². The Labute approximate surface area is 460 Å². The number of esters is 3. The van der Waals surface area contributed by atoms with Crippen LogP contribution in [0.5, 0.6) is 0 Å². The van der Waals surface area contributed by atoms with Crippen LogP contribution >= 0.6 is 0 Å². The van der Waals surface area contributed by atoms with Crippen LogP contribution in [-0.4, -0.2) is 37.2 Å². The van der Waals surface area contributed by atoms with Gasteiger partial charge in [-0.2, -0.15) is 0 Å². The van der Waals surface area contributed by atoms with Crippen molar-refractivity contribution in [2.45, 2.75) is 354 Å². The average Bonchev–Trinajstić information content (AvgIpc) is 3.40. The van der Waals surface area contributed by atoms with E-state index in [0.717, 1.165) is 89.9 Å². The van der Waals surface area contributed by atoms with E-state index < -0.39 is 6.10 Å². The maximum absolute atomic E-state index is 12.9. The normalized spacial score (nSPS) is 12.3. The summed E-state index contributed by atoms with van der Waals surface area (Å²) in [6, 6.07) is 0. The number of hydrogen-bond acceptors (Lipinski definition) is 6. The highest BCUT2D eigenvalue weighted by Crippen LogP contribution is 2.17. The van der Waals surface area contributed by atoms with Gasteiger partial charge in [0.1, 0.15) is 13.2 Å². The number of ether oxygens (including phenoxy) is 3. The molecule has 0 aliphatic rings. The highest BCUT2D eigenvalue weighted by Gasteiger charge is 2.19. The second-order valence-electron chi connectivity index (χ2n) is 22.0. The molecule has 0 saturated carbocycles. The van der Waals surface area contributed by atoms with E-state index in [1.165, 1.54) is 218 Å². The Kier molecular flexibility index (Phi) is 60.7. The molecule has 74 heavy (non-hydrogen) atoms. The summed E-state index contributed by atoms with van der Waals surface area (Å²) in [6.45, 7) is 6.65. The molecule has 6 nitrogen and oxygen atoms in total. The maximum atomic E-state index is 12.9. The van der Waals surface area contributed by atoms with Gasteiger partial charge in [0.2, 0.25) is 0 Å². The Bertz CT molecular complexity index is 1280. The minimum atomic E-state index is -0.778. The number of carbonyl (C=O) groups is 3. The van der Waals surface area contributed by atoms with Gasteiger partial charge >= 0.3 is 17.9 Å². The largest absolute Gasteiger partial charge is 0.462 e. The summed E-state index contributed by atoms with van der Waals surface area (Å²) in [5.41, 5.74) is 0. The van der Waals surface area contributed by atoms with Crippen molar-refractivity contribution in [3.05, 3.63) is 48.6 Å². The monoisotopic (exact) mass is 1040 g/mol. The maximum Gasteiger partial charge on any atom is 0.306 e. The fraction of sp³-hybridized carbons (Fsp3) is 0.838. The molecule has 1 atom stereocenters. The summed E-state index contributed by atoms with van der Waals surface area (Å²) in [7, 11) is 0. The molecular formula is C68H124O6. The van der Waals surface area contributed by atoms with E-state index in [9.17, 15) is 14.4 Å². The standard InChI is InChI=1S/C68H124O6/c1-4-7-10-13-16-19-22-25-27-29-30-31-32-33-34-35-36-37-38-39-41-43-46-49-52-55-58-61-67(70)73-64-65(63-72-66(69)60-57-54-51-48-45-42-24-21-18-15-12-9-6-3)74-68(71)62-59-56-53-50-47-44-40-28-26-23-20-17-14-11-8-5-2/h20,22-23,25,28-30,40,65H,4-19,21,24,26-27,31-39,41-64H2,1-3H3/b23-20-,25-22-,30-29-,40-28-. The van der Waals surface area contributed by atoms with Gasteiger partial charge in [-0.1, -0.05) is 294 Å². The quantitative estimate of drug-likeness (QED) is 0.0261. The molecule has 0 radical (unpaired) electrons. The first-order valence-corrected chi connectivity index (χ1v) is 32.6. The van der Waals surface area contributed by atoms with Crippen molar-refractivity contribution in [1.29, 1.82) is 0 Å². The minimum Gasteiger partial charge on any atom is -0.462 e. The zero-order valence-electron chi connectivity index (χ0n) is 49.6. The van der Waals surface area contributed by atoms with Crippen LogP contribution in [0.25, 0.3) is 0 Å².